The van der Waals surface area contributed by atoms with Crippen LogP contribution in [-0.2, 0) is 10.3 Å². The van der Waals surface area contributed by atoms with E-state index in [1.54, 1.807) is 18.2 Å². The average Bonchev–Trinajstić information content (AvgIpc) is 2.82. The van der Waals surface area contributed by atoms with Gasteiger partial charge in [0.15, 0.2) is 10.7 Å². The Labute approximate surface area is 144 Å². The summed E-state index contributed by atoms with van der Waals surface area (Å²) in [5.74, 6) is -0.0226. The van der Waals surface area contributed by atoms with Crippen LogP contribution in [0.5, 0.6) is 5.75 Å². The first kappa shape index (κ1) is 15.1. The molecule has 24 heavy (non-hydrogen) atoms. The van der Waals surface area contributed by atoms with Crippen LogP contribution in [0.25, 0.3) is 0 Å². The van der Waals surface area contributed by atoms with Crippen LogP contribution in [0.2, 0.25) is 0 Å². The normalized spacial score (nSPS) is 25.0. The van der Waals surface area contributed by atoms with E-state index in [1.165, 1.54) is 6.07 Å². The van der Waals surface area contributed by atoms with E-state index >= 15 is 0 Å². The van der Waals surface area contributed by atoms with Crippen LogP contribution in [0.3, 0.4) is 0 Å². The fourth-order valence-corrected chi connectivity index (χ4v) is 3.66. The molecule has 1 spiro atoms. The molecular formula is C17H14BFN2O2S. The maximum Gasteiger partial charge on any atom is 0.256 e. The lowest BCUT2D eigenvalue weighted by molar-refractivity contribution is -0.126. The molecule has 2 aromatic rings. The molecular weight excluding hydrogens is 326 g/mol. The molecule has 2 atom stereocenters. The summed E-state index contributed by atoms with van der Waals surface area (Å²) in [6.07, 6.45) is -0.323. The van der Waals surface area contributed by atoms with Crippen molar-refractivity contribution in [3.05, 3.63) is 59.4 Å². The number of amides is 1. The highest BCUT2D eigenvalue weighted by Crippen LogP contribution is 2.45. The lowest BCUT2D eigenvalue weighted by Crippen LogP contribution is -2.48. The van der Waals surface area contributed by atoms with Gasteiger partial charge in [0.25, 0.3) is 5.91 Å². The number of nitrogens with one attached hydrogen (secondary N) is 2. The van der Waals surface area contributed by atoms with Gasteiger partial charge in [0.1, 0.15) is 25.5 Å². The monoisotopic (exact) mass is 340 g/mol. The Morgan fingerprint density at radius 2 is 2.08 bits per heavy atom. The minimum absolute atomic E-state index is 0.232. The highest BCUT2D eigenvalue weighted by atomic mass is 32.1. The molecule has 4 rings (SSSR count). The van der Waals surface area contributed by atoms with Crippen LogP contribution >= 0.6 is 12.2 Å². The maximum atomic E-state index is 14.2. The molecule has 2 heterocycles. The summed E-state index contributed by atoms with van der Waals surface area (Å²) in [7, 11) is 1.95. The summed E-state index contributed by atoms with van der Waals surface area (Å²) in [6, 6.07) is 12.1. The summed E-state index contributed by atoms with van der Waals surface area (Å²) >= 11 is 5.13. The van der Waals surface area contributed by atoms with Gasteiger partial charge in [0.05, 0.1) is 0 Å². The minimum atomic E-state index is -1.04. The van der Waals surface area contributed by atoms with Crippen molar-refractivity contribution in [2.75, 3.05) is 0 Å². The standard InChI is InChI=1S/C17H14BFN2O2S/c18-9-5-6-13-11(7-9)17(15(22)20-16(24)21-17)8-14(23-13)10-3-1-2-4-12(10)19/h1-7,14H,8,18H2,(H2,20,21,22,24). The van der Waals surface area contributed by atoms with Crippen molar-refractivity contribution in [1.29, 1.82) is 0 Å². The number of thiocarbonyl (C=S) groups is 1. The number of hydrogen-bond acceptors (Lipinski definition) is 3. The first-order valence-corrected chi connectivity index (χ1v) is 8.06. The number of ether oxygens (including phenoxy) is 1. The van der Waals surface area contributed by atoms with Gasteiger partial charge in [-0.25, -0.2) is 4.39 Å². The van der Waals surface area contributed by atoms with E-state index in [0.29, 0.717) is 11.3 Å². The molecule has 2 aliphatic heterocycles. The number of benzene rings is 2. The van der Waals surface area contributed by atoms with Crippen molar-refractivity contribution in [3.63, 3.8) is 0 Å². The van der Waals surface area contributed by atoms with Gasteiger partial charge in [-0.05, 0) is 24.4 Å². The second kappa shape index (κ2) is 5.31. The fourth-order valence-electron chi connectivity index (χ4n) is 3.40. The second-order valence-electron chi connectivity index (χ2n) is 6.15. The van der Waals surface area contributed by atoms with Crippen LogP contribution in [-0.4, -0.2) is 18.9 Å². The highest BCUT2D eigenvalue weighted by Gasteiger charge is 2.52. The van der Waals surface area contributed by atoms with Gasteiger partial charge in [-0.3, -0.25) is 4.79 Å². The van der Waals surface area contributed by atoms with Gasteiger partial charge in [-0.2, -0.15) is 0 Å². The zero-order valence-corrected chi connectivity index (χ0v) is 13.7. The van der Waals surface area contributed by atoms with Crippen molar-refractivity contribution in [1.82, 2.24) is 10.6 Å². The summed E-state index contributed by atoms with van der Waals surface area (Å²) in [6.45, 7) is 0. The second-order valence-corrected chi connectivity index (χ2v) is 6.55. The van der Waals surface area contributed by atoms with Crippen molar-refractivity contribution in [2.45, 2.75) is 18.1 Å². The molecule has 0 bridgehead atoms. The van der Waals surface area contributed by atoms with E-state index in [9.17, 15) is 9.18 Å². The predicted octanol–water partition coefficient (Wildman–Crippen LogP) is 0.807. The Kier molecular flexibility index (Phi) is 3.35. The van der Waals surface area contributed by atoms with Crippen LogP contribution in [0.15, 0.2) is 42.5 Å². The van der Waals surface area contributed by atoms with E-state index in [1.807, 2.05) is 26.0 Å². The molecule has 1 saturated heterocycles. The van der Waals surface area contributed by atoms with Gasteiger partial charge < -0.3 is 15.4 Å². The van der Waals surface area contributed by atoms with E-state index in [2.05, 4.69) is 10.6 Å². The topological polar surface area (TPSA) is 50.4 Å². The summed E-state index contributed by atoms with van der Waals surface area (Å²) in [5, 5.41) is 6.03. The first-order valence-electron chi connectivity index (χ1n) is 7.65. The summed E-state index contributed by atoms with van der Waals surface area (Å²) in [5.41, 5.74) is 1.13. The molecule has 120 valence electrons. The maximum absolute atomic E-state index is 14.2. The van der Waals surface area contributed by atoms with Gasteiger partial charge in [-0.1, -0.05) is 35.8 Å². The lowest BCUT2D eigenvalue weighted by Gasteiger charge is -2.38. The van der Waals surface area contributed by atoms with Crippen molar-refractivity contribution >= 4 is 36.5 Å². The summed E-state index contributed by atoms with van der Waals surface area (Å²) in [4.78, 5) is 12.7. The van der Waals surface area contributed by atoms with Crippen molar-refractivity contribution < 1.29 is 13.9 Å². The lowest BCUT2D eigenvalue weighted by atomic mass is 9.78. The largest absolute Gasteiger partial charge is 0.485 e. The number of rotatable bonds is 1. The predicted molar refractivity (Wildman–Crippen MR) is 94.6 cm³/mol. The Morgan fingerprint density at radius 3 is 2.79 bits per heavy atom. The number of carbonyl (C=O) groups is 1. The van der Waals surface area contributed by atoms with Crippen molar-refractivity contribution in [3.8, 4) is 5.75 Å². The summed E-state index contributed by atoms with van der Waals surface area (Å²) < 4.78 is 20.3. The SMILES string of the molecule is Bc1ccc2c(c1)C1(CC(c3ccccc3F)O2)NC(=S)NC1=O. The zero-order chi connectivity index (χ0) is 16.9. The van der Waals surface area contributed by atoms with E-state index in [4.69, 9.17) is 17.0 Å². The zero-order valence-electron chi connectivity index (χ0n) is 12.9. The molecule has 2 N–H and O–H groups in total. The Balaban J connectivity index is 1.87. The van der Waals surface area contributed by atoms with Gasteiger partial charge in [0.2, 0.25) is 0 Å². The molecule has 7 heteroatoms. The van der Waals surface area contributed by atoms with E-state index in [0.717, 1.165) is 11.0 Å². The van der Waals surface area contributed by atoms with Gasteiger partial charge >= 0.3 is 0 Å². The molecule has 2 aliphatic rings. The Morgan fingerprint density at radius 1 is 1.29 bits per heavy atom. The number of halogens is 1. The Hall–Kier alpha value is -2.41. The third-order valence-corrected chi connectivity index (χ3v) is 4.75. The molecule has 2 aromatic carbocycles. The third kappa shape index (κ3) is 2.19. The molecule has 4 nitrogen and oxygen atoms in total. The number of carbonyl (C=O) groups excluding carboxylic acids is 1. The highest BCUT2D eigenvalue weighted by molar-refractivity contribution is 7.80. The van der Waals surface area contributed by atoms with Crippen molar-refractivity contribution in [2.24, 2.45) is 0 Å². The van der Waals surface area contributed by atoms with Crippen LogP contribution in [0.1, 0.15) is 23.7 Å². The molecule has 2 unspecified atom stereocenters. The quantitative estimate of drug-likeness (QED) is 0.596. The van der Waals surface area contributed by atoms with Gasteiger partial charge in [-0.15, -0.1) is 0 Å². The molecule has 0 aromatic heterocycles. The van der Waals surface area contributed by atoms with Crippen LogP contribution in [0.4, 0.5) is 4.39 Å². The number of hydrogen-bond donors (Lipinski definition) is 2. The first-order chi connectivity index (χ1) is 11.5. The van der Waals surface area contributed by atoms with Crippen LogP contribution < -0.4 is 20.8 Å². The van der Waals surface area contributed by atoms with E-state index in [-0.39, 0.29) is 23.3 Å². The minimum Gasteiger partial charge on any atom is -0.485 e. The van der Waals surface area contributed by atoms with Gasteiger partial charge in [0, 0.05) is 17.5 Å². The fraction of sp³-hybridized carbons (Fsp3) is 0.176. The smallest absolute Gasteiger partial charge is 0.256 e. The number of fused-ring (bicyclic) bond motifs is 2. The average molecular weight is 340 g/mol. The molecule has 0 saturated carbocycles. The molecule has 0 radical (unpaired) electrons. The molecule has 0 aliphatic carbocycles. The Bertz CT molecular complexity index is 875. The third-order valence-electron chi connectivity index (χ3n) is 4.55. The van der Waals surface area contributed by atoms with E-state index < -0.39 is 11.6 Å². The molecule has 1 amide bonds. The molecule has 1 fully saturated rings. The van der Waals surface area contributed by atoms with Crippen LogP contribution in [0, 0.1) is 5.82 Å².